The van der Waals surface area contributed by atoms with Gasteiger partial charge in [-0.05, 0) is 17.7 Å². The lowest BCUT2D eigenvalue weighted by Crippen LogP contribution is -1.99. The maximum atomic E-state index is 11.5. The SMILES string of the molecule is Nc1ccnc2[nH]cc(/C=C(/C(=O)O)c3ccccc3)c12. The van der Waals surface area contributed by atoms with Crippen molar-refractivity contribution in [3.63, 3.8) is 0 Å². The number of carbonyl (C=O) groups is 1. The molecule has 0 amide bonds. The van der Waals surface area contributed by atoms with Crippen LogP contribution in [-0.4, -0.2) is 21.0 Å². The predicted molar refractivity (Wildman–Crippen MR) is 82.5 cm³/mol. The Balaban J connectivity index is 2.19. The van der Waals surface area contributed by atoms with E-state index in [1.165, 1.54) is 0 Å². The van der Waals surface area contributed by atoms with E-state index in [1.807, 2.05) is 6.07 Å². The highest BCUT2D eigenvalue weighted by Crippen LogP contribution is 2.27. The number of nitrogen functional groups attached to an aromatic ring is 1. The second kappa shape index (κ2) is 5.13. The van der Waals surface area contributed by atoms with Gasteiger partial charge in [-0.25, -0.2) is 9.78 Å². The lowest BCUT2D eigenvalue weighted by Gasteiger charge is -2.03. The maximum absolute atomic E-state index is 11.5. The number of carboxylic acids is 1. The average Bonchev–Trinajstić information content (AvgIpc) is 2.90. The van der Waals surface area contributed by atoms with Crippen molar-refractivity contribution in [1.82, 2.24) is 9.97 Å². The summed E-state index contributed by atoms with van der Waals surface area (Å²) in [5, 5.41) is 10.2. The monoisotopic (exact) mass is 279 g/mol. The van der Waals surface area contributed by atoms with E-state index in [1.54, 1.807) is 48.8 Å². The minimum absolute atomic E-state index is 0.208. The molecule has 5 nitrogen and oxygen atoms in total. The molecule has 0 saturated carbocycles. The zero-order chi connectivity index (χ0) is 14.8. The van der Waals surface area contributed by atoms with Crippen molar-refractivity contribution < 1.29 is 9.90 Å². The smallest absolute Gasteiger partial charge is 0.336 e. The molecule has 104 valence electrons. The highest BCUT2D eigenvalue weighted by Gasteiger charge is 2.13. The molecular weight excluding hydrogens is 266 g/mol. The fourth-order valence-electron chi connectivity index (χ4n) is 2.26. The van der Waals surface area contributed by atoms with Crippen molar-refractivity contribution in [2.24, 2.45) is 0 Å². The number of rotatable bonds is 3. The summed E-state index contributed by atoms with van der Waals surface area (Å²) >= 11 is 0. The van der Waals surface area contributed by atoms with Crippen molar-refractivity contribution in [1.29, 1.82) is 0 Å². The van der Waals surface area contributed by atoms with Crippen LogP contribution in [-0.2, 0) is 4.79 Å². The summed E-state index contributed by atoms with van der Waals surface area (Å²) < 4.78 is 0. The highest BCUT2D eigenvalue weighted by atomic mass is 16.4. The minimum Gasteiger partial charge on any atom is -0.478 e. The number of aliphatic carboxylic acids is 1. The van der Waals surface area contributed by atoms with Crippen LogP contribution < -0.4 is 5.73 Å². The number of H-pyrrole nitrogens is 1. The van der Waals surface area contributed by atoms with Crippen LogP contribution in [0.3, 0.4) is 0 Å². The summed E-state index contributed by atoms with van der Waals surface area (Å²) in [7, 11) is 0. The Kier molecular flexibility index (Phi) is 3.16. The first-order valence-corrected chi connectivity index (χ1v) is 6.39. The Morgan fingerprint density at radius 2 is 2.00 bits per heavy atom. The number of anilines is 1. The van der Waals surface area contributed by atoms with Crippen LogP contribution in [0.25, 0.3) is 22.7 Å². The molecule has 3 aromatic rings. The molecule has 2 aromatic heterocycles. The zero-order valence-corrected chi connectivity index (χ0v) is 11.1. The first-order chi connectivity index (χ1) is 10.2. The minimum atomic E-state index is -0.988. The number of aromatic nitrogens is 2. The Bertz CT molecular complexity index is 835. The van der Waals surface area contributed by atoms with E-state index in [4.69, 9.17) is 5.73 Å². The molecule has 0 bridgehead atoms. The molecule has 1 aromatic carbocycles. The number of nitrogens with zero attached hydrogens (tertiary/aromatic N) is 1. The van der Waals surface area contributed by atoms with Gasteiger partial charge in [0.2, 0.25) is 0 Å². The molecule has 0 spiro atoms. The van der Waals surface area contributed by atoms with Gasteiger partial charge in [-0.3, -0.25) is 0 Å². The molecule has 0 fully saturated rings. The van der Waals surface area contributed by atoms with Gasteiger partial charge in [-0.2, -0.15) is 0 Å². The number of benzene rings is 1. The van der Waals surface area contributed by atoms with E-state index in [2.05, 4.69) is 9.97 Å². The van der Waals surface area contributed by atoms with Crippen LogP contribution in [0.4, 0.5) is 5.69 Å². The second-order valence-electron chi connectivity index (χ2n) is 4.60. The van der Waals surface area contributed by atoms with Crippen LogP contribution in [0, 0.1) is 0 Å². The molecule has 0 aliphatic rings. The molecule has 0 aliphatic carbocycles. The number of nitrogens with two attached hydrogens (primary N) is 1. The zero-order valence-electron chi connectivity index (χ0n) is 11.1. The third-order valence-corrected chi connectivity index (χ3v) is 3.25. The lowest BCUT2D eigenvalue weighted by molar-refractivity contribution is -0.130. The van der Waals surface area contributed by atoms with Crippen molar-refractivity contribution >= 4 is 34.3 Å². The standard InChI is InChI=1S/C16H13N3O2/c17-13-6-7-18-15-14(13)11(9-19-15)8-12(16(20)21)10-4-2-1-3-5-10/h1-9H,(H,20,21)(H3,17,18,19)/b12-8+. The average molecular weight is 279 g/mol. The van der Waals surface area contributed by atoms with Crippen molar-refractivity contribution in [3.8, 4) is 0 Å². The van der Waals surface area contributed by atoms with Gasteiger partial charge in [-0.15, -0.1) is 0 Å². The van der Waals surface area contributed by atoms with E-state index in [9.17, 15) is 9.90 Å². The van der Waals surface area contributed by atoms with E-state index >= 15 is 0 Å². The number of fused-ring (bicyclic) bond motifs is 1. The van der Waals surface area contributed by atoms with Gasteiger partial charge in [0.05, 0.1) is 5.57 Å². The first kappa shape index (κ1) is 12.9. The fourth-order valence-corrected chi connectivity index (χ4v) is 2.26. The van der Waals surface area contributed by atoms with Crippen LogP contribution in [0.5, 0.6) is 0 Å². The van der Waals surface area contributed by atoms with Gasteiger partial charge < -0.3 is 15.8 Å². The lowest BCUT2D eigenvalue weighted by atomic mass is 10.0. The predicted octanol–water partition coefficient (Wildman–Crippen LogP) is 2.77. The van der Waals surface area contributed by atoms with Crippen molar-refractivity contribution in [3.05, 3.63) is 59.9 Å². The number of hydrogen-bond acceptors (Lipinski definition) is 3. The molecular formula is C16H13N3O2. The molecule has 0 aliphatic heterocycles. The highest BCUT2D eigenvalue weighted by molar-refractivity contribution is 6.21. The summed E-state index contributed by atoms with van der Waals surface area (Å²) in [5.41, 5.74) is 8.71. The molecule has 0 radical (unpaired) electrons. The van der Waals surface area contributed by atoms with Crippen molar-refractivity contribution in [2.75, 3.05) is 5.73 Å². The number of aromatic amines is 1. The third kappa shape index (κ3) is 2.36. The Morgan fingerprint density at radius 1 is 1.24 bits per heavy atom. The van der Waals surface area contributed by atoms with Crippen molar-refractivity contribution in [2.45, 2.75) is 0 Å². The molecule has 0 unspecified atom stereocenters. The fraction of sp³-hybridized carbons (Fsp3) is 0. The summed E-state index contributed by atoms with van der Waals surface area (Å²) in [4.78, 5) is 18.7. The number of hydrogen-bond donors (Lipinski definition) is 3. The molecule has 2 heterocycles. The van der Waals surface area contributed by atoms with E-state index in [-0.39, 0.29) is 5.57 Å². The van der Waals surface area contributed by atoms with Crippen LogP contribution in [0.1, 0.15) is 11.1 Å². The summed E-state index contributed by atoms with van der Waals surface area (Å²) in [6.07, 6.45) is 4.92. The number of pyridine rings is 1. The van der Waals surface area contributed by atoms with E-state index < -0.39 is 5.97 Å². The molecule has 21 heavy (non-hydrogen) atoms. The summed E-state index contributed by atoms with van der Waals surface area (Å²) in [6, 6.07) is 10.7. The van der Waals surface area contributed by atoms with Gasteiger partial charge in [-0.1, -0.05) is 30.3 Å². The van der Waals surface area contributed by atoms with Crippen LogP contribution >= 0.6 is 0 Å². The van der Waals surface area contributed by atoms with Gasteiger partial charge in [0.1, 0.15) is 5.65 Å². The maximum Gasteiger partial charge on any atom is 0.336 e. The Labute approximate surface area is 120 Å². The molecule has 3 rings (SSSR count). The Hall–Kier alpha value is -3.08. The number of carboxylic acid groups (broad SMARTS) is 1. The quantitative estimate of drug-likeness (QED) is 0.643. The molecule has 4 N–H and O–H groups in total. The van der Waals surface area contributed by atoms with E-state index in [0.717, 1.165) is 5.39 Å². The van der Waals surface area contributed by atoms with Crippen LogP contribution in [0.2, 0.25) is 0 Å². The number of nitrogens with one attached hydrogen (secondary N) is 1. The third-order valence-electron chi connectivity index (χ3n) is 3.25. The normalized spacial score (nSPS) is 11.7. The Morgan fingerprint density at radius 3 is 2.71 bits per heavy atom. The van der Waals surface area contributed by atoms with Gasteiger partial charge >= 0.3 is 5.97 Å². The van der Waals surface area contributed by atoms with Gasteiger partial charge in [0.15, 0.2) is 0 Å². The first-order valence-electron chi connectivity index (χ1n) is 6.39. The molecule has 0 saturated heterocycles. The second-order valence-corrected chi connectivity index (χ2v) is 4.60. The van der Waals surface area contributed by atoms with Crippen LogP contribution in [0.15, 0.2) is 48.8 Å². The van der Waals surface area contributed by atoms with Gasteiger partial charge in [0, 0.05) is 29.0 Å². The molecule has 5 heteroatoms. The largest absolute Gasteiger partial charge is 0.478 e. The topological polar surface area (TPSA) is 92.0 Å². The van der Waals surface area contributed by atoms with Gasteiger partial charge in [0.25, 0.3) is 0 Å². The summed E-state index contributed by atoms with van der Waals surface area (Å²) in [5.74, 6) is -0.988. The van der Waals surface area contributed by atoms with E-state index in [0.29, 0.717) is 22.5 Å². The molecule has 0 atom stereocenters. The summed E-state index contributed by atoms with van der Waals surface area (Å²) in [6.45, 7) is 0.